The standard InChI is InChI=1S/C29H48O/c1-7-21(19(2)3)9-8-20(4)25-12-13-26-24-11-10-22-18-23(30)14-16-28(22,5)27(24)15-17-29(25,26)6/h7,10,19-20,23-27,30H,8-9,11-18H2,1-6H3/b21-7+/t20-,23?,24?,25?,26?,27?,28?,29?/m1/s1. The highest BCUT2D eigenvalue weighted by atomic mass is 16.3. The van der Waals surface area contributed by atoms with Crippen LogP contribution in [0.25, 0.3) is 0 Å². The van der Waals surface area contributed by atoms with Crippen molar-refractivity contribution >= 4 is 0 Å². The van der Waals surface area contributed by atoms with E-state index in [0.717, 1.165) is 42.4 Å². The molecule has 4 aliphatic rings. The van der Waals surface area contributed by atoms with Crippen molar-refractivity contribution in [1.29, 1.82) is 0 Å². The fraction of sp³-hybridized carbons (Fsp3) is 0.862. The van der Waals surface area contributed by atoms with Crippen molar-refractivity contribution in [3.8, 4) is 0 Å². The summed E-state index contributed by atoms with van der Waals surface area (Å²) >= 11 is 0. The van der Waals surface area contributed by atoms with Crippen LogP contribution in [-0.4, -0.2) is 11.2 Å². The zero-order valence-electron chi connectivity index (χ0n) is 20.7. The zero-order valence-corrected chi connectivity index (χ0v) is 20.7. The van der Waals surface area contributed by atoms with Gasteiger partial charge in [0.1, 0.15) is 0 Å². The zero-order chi connectivity index (χ0) is 21.7. The summed E-state index contributed by atoms with van der Waals surface area (Å²) in [5, 5.41) is 10.2. The van der Waals surface area contributed by atoms with Gasteiger partial charge >= 0.3 is 0 Å². The summed E-state index contributed by atoms with van der Waals surface area (Å²) in [4.78, 5) is 0. The summed E-state index contributed by atoms with van der Waals surface area (Å²) in [5.41, 5.74) is 4.21. The van der Waals surface area contributed by atoms with Crippen LogP contribution in [0.5, 0.6) is 0 Å². The van der Waals surface area contributed by atoms with Gasteiger partial charge in [-0.1, -0.05) is 57.9 Å². The smallest absolute Gasteiger partial charge is 0.0577 e. The molecule has 0 radical (unpaired) electrons. The maximum absolute atomic E-state index is 10.2. The van der Waals surface area contributed by atoms with Crippen LogP contribution >= 0.6 is 0 Å². The number of hydrogen-bond donors (Lipinski definition) is 1. The Morgan fingerprint density at radius 3 is 2.57 bits per heavy atom. The molecule has 0 spiro atoms. The van der Waals surface area contributed by atoms with Crippen LogP contribution in [0.1, 0.15) is 106 Å². The maximum Gasteiger partial charge on any atom is 0.0577 e. The Hall–Kier alpha value is -0.560. The number of rotatable bonds is 5. The van der Waals surface area contributed by atoms with Crippen LogP contribution in [0.4, 0.5) is 0 Å². The first kappa shape index (κ1) is 22.6. The first-order chi connectivity index (χ1) is 14.2. The Kier molecular flexibility index (Phi) is 6.35. The molecule has 4 rings (SSSR count). The van der Waals surface area contributed by atoms with Gasteiger partial charge in [-0.25, -0.2) is 0 Å². The number of allylic oxidation sites excluding steroid dienone is 3. The molecule has 3 fully saturated rings. The molecule has 0 aromatic carbocycles. The Morgan fingerprint density at radius 1 is 1.10 bits per heavy atom. The lowest BCUT2D eigenvalue weighted by Gasteiger charge is -2.58. The predicted octanol–water partition coefficient (Wildman–Crippen LogP) is 7.94. The molecule has 8 atom stereocenters. The molecule has 0 heterocycles. The molecule has 170 valence electrons. The van der Waals surface area contributed by atoms with E-state index in [-0.39, 0.29) is 6.10 Å². The third-order valence-corrected chi connectivity index (χ3v) is 10.8. The first-order valence-corrected chi connectivity index (χ1v) is 13.2. The van der Waals surface area contributed by atoms with Gasteiger partial charge in [0, 0.05) is 0 Å². The second-order valence-corrected chi connectivity index (χ2v) is 12.4. The second kappa shape index (κ2) is 8.42. The Morgan fingerprint density at radius 2 is 1.87 bits per heavy atom. The van der Waals surface area contributed by atoms with Crippen LogP contribution in [-0.2, 0) is 0 Å². The SMILES string of the molecule is C/C=C(\CC[C@@H](C)C1CCC2C3CC=C4CC(O)CCC4(C)C3CCC21C)C(C)C. The lowest BCUT2D eigenvalue weighted by molar-refractivity contribution is -0.0571. The van der Waals surface area contributed by atoms with Gasteiger partial charge in [0.05, 0.1) is 6.10 Å². The Balaban J connectivity index is 1.49. The third kappa shape index (κ3) is 3.66. The van der Waals surface area contributed by atoms with Gasteiger partial charge in [-0.3, -0.25) is 0 Å². The number of hydrogen-bond acceptors (Lipinski definition) is 1. The molecule has 1 nitrogen and oxygen atoms in total. The van der Waals surface area contributed by atoms with E-state index in [0.29, 0.717) is 16.7 Å². The highest BCUT2D eigenvalue weighted by Crippen LogP contribution is 2.67. The number of aliphatic hydroxyl groups excluding tert-OH is 1. The van der Waals surface area contributed by atoms with Crippen molar-refractivity contribution in [3.63, 3.8) is 0 Å². The van der Waals surface area contributed by atoms with E-state index in [9.17, 15) is 5.11 Å². The quantitative estimate of drug-likeness (QED) is 0.454. The number of aliphatic hydroxyl groups is 1. The Labute approximate surface area is 186 Å². The van der Waals surface area contributed by atoms with Crippen molar-refractivity contribution in [2.24, 2.45) is 46.3 Å². The Bertz CT molecular complexity index is 686. The summed E-state index contributed by atoms with van der Waals surface area (Å²) in [6, 6.07) is 0. The molecular formula is C29H48O. The molecule has 30 heavy (non-hydrogen) atoms. The van der Waals surface area contributed by atoms with E-state index in [1.54, 1.807) is 11.1 Å². The molecular weight excluding hydrogens is 364 g/mol. The fourth-order valence-electron chi connectivity index (χ4n) is 8.98. The summed E-state index contributed by atoms with van der Waals surface area (Å²) in [6.07, 6.45) is 17.8. The minimum atomic E-state index is -0.0839. The second-order valence-electron chi connectivity index (χ2n) is 12.4. The summed E-state index contributed by atoms with van der Waals surface area (Å²) in [7, 11) is 0. The van der Waals surface area contributed by atoms with E-state index in [1.165, 1.54) is 51.4 Å². The monoisotopic (exact) mass is 412 g/mol. The minimum Gasteiger partial charge on any atom is -0.393 e. The van der Waals surface area contributed by atoms with Gasteiger partial charge in [-0.2, -0.15) is 0 Å². The molecule has 0 aromatic rings. The highest BCUT2D eigenvalue weighted by Gasteiger charge is 2.59. The number of fused-ring (bicyclic) bond motifs is 5. The molecule has 0 bridgehead atoms. The highest BCUT2D eigenvalue weighted by molar-refractivity contribution is 5.25. The summed E-state index contributed by atoms with van der Waals surface area (Å²) in [6.45, 7) is 14.7. The lowest BCUT2D eigenvalue weighted by Crippen LogP contribution is -2.50. The molecule has 1 N–H and O–H groups in total. The van der Waals surface area contributed by atoms with Gasteiger partial charge in [0.15, 0.2) is 0 Å². The normalized spacial score (nSPS) is 44.9. The average Bonchev–Trinajstić information content (AvgIpc) is 3.06. The fourth-order valence-corrected chi connectivity index (χ4v) is 8.98. The predicted molar refractivity (Wildman–Crippen MR) is 128 cm³/mol. The molecule has 7 unspecified atom stereocenters. The first-order valence-electron chi connectivity index (χ1n) is 13.2. The molecule has 3 saturated carbocycles. The van der Waals surface area contributed by atoms with E-state index >= 15 is 0 Å². The van der Waals surface area contributed by atoms with Crippen LogP contribution < -0.4 is 0 Å². The van der Waals surface area contributed by atoms with Gasteiger partial charge in [-0.05, 0) is 117 Å². The largest absolute Gasteiger partial charge is 0.393 e. The van der Waals surface area contributed by atoms with E-state index < -0.39 is 0 Å². The van der Waals surface area contributed by atoms with E-state index in [4.69, 9.17) is 0 Å². The van der Waals surface area contributed by atoms with Crippen LogP contribution in [0.3, 0.4) is 0 Å². The average molecular weight is 413 g/mol. The van der Waals surface area contributed by atoms with Crippen LogP contribution in [0.15, 0.2) is 23.3 Å². The van der Waals surface area contributed by atoms with Gasteiger partial charge in [0.25, 0.3) is 0 Å². The van der Waals surface area contributed by atoms with E-state index in [2.05, 4.69) is 53.7 Å². The molecule has 0 saturated heterocycles. The topological polar surface area (TPSA) is 20.2 Å². The molecule has 0 aromatic heterocycles. The minimum absolute atomic E-state index is 0.0839. The van der Waals surface area contributed by atoms with Gasteiger partial charge in [0.2, 0.25) is 0 Å². The van der Waals surface area contributed by atoms with Crippen molar-refractivity contribution in [2.45, 2.75) is 112 Å². The van der Waals surface area contributed by atoms with Crippen molar-refractivity contribution in [3.05, 3.63) is 23.3 Å². The molecule has 4 aliphatic carbocycles. The maximum atomic E-state index is 10.2. The van der Waals surface area contributed by atoms with Crippen LogP contribution in [0, 0.1) is 46.3 Å². The molecule has 0 aliphatic heterocycles. The molecule has 0 amide bonds. The summed E-state index contributed by atoms with van der Waals surface area (Å²) in [5.74, 6) is 5.15. The third-order valence-electron chi connectivity index (χ3n) is 10.8. The van der Waals surface area contributed by atoms with Crippen molar-refractivity contribution in [1.82, 2.24) is 0 Å². The molecule has 1 heteroatoms. The van der Waals surface area contributed by atoms with Gasteiger partial charge in [-0.15, -0.1) is 0 Å². The van der Waals surface area contributed by atoms with Crippen LogP contribution in [0.2, 0.25) is 0 Å². The lowest BCUT2D eigenvalue weighted by atomic mass is 9.47. The van der Waals surface area contributed by atoms with Crippen molar-refractivity contribution < 1.29 is 5.11 Å². The van der Waals surface area contributed by atoms with Crippen molar-refractivity contribution in [2.75, 3.05) is 0 Å². The van der Waals surface area contributed by atoms with E-state index in [1.807, 2.05) is 0 Å². The van der Waals surface area contributed by atoms with Gasteiger partial charge < -0.3 is 5.11 Å². The summed E-state index contributed by atoms with van der Waals surface area (Å²) < 4.78 is 0.